The first-order valence-corrected chi connectivity index (χ1v) is 6.98. The van der Waals surface area contributed by atoms with E-state index in [1.807, 2.05) is 68.4 Å². The lowest BCUT2D eigenvalue weighted by Crippen LogP contribution is -2.45. The smallest absolute Gasteiger partial charge is 0.225 e. The lowest BCUT2D eigenvalue weighted by Gasteiger charge is -2.28. The van der Waals surface area contributed by atoms with Crippen LogP contribution in [-0.2, 0) is 12.1 Å². The number of nitrogens with one attached hydrogen (secondary N) is 1. The largest absolute Gasteiger partial charge is 0.298 e. The minimum absolute atomic E-state index is 0.150. The van der Waals surface area contributed by atoms with Gasteiger partial charge in [0.15, 0.2) is 0 Å². The summed E-state index contributed by atoms with van der Waals surface area (Å²) in [7, 11) is 0. The van der Waals surface area contributed by atoms with Crippen molar-refractivity contribution >= 4 is 0 Å². The lowest BCUT2D eigenvalue weighted by atomic mass is 9.91. The van der Waals surface area contributed by atoms with Crippen molar-refractivity contribution in [1.29, 1.82) is 0 Å². The Balaban J connectivity index is 2.21. The molecule has 0 heterocycles. The Morgan fingerprint density at radius 3 is 2.33 bits per heavy atom. The molecule has 0 bridgehead atoms. The first-order valence-electron chi connectivity index (χ1n) is 6.98. The normalized spacial score (nSPS) is 13.6. The van der Waals surface area contributed by atoms with Crippen LogP contribution in [0.4, 0.5) is 0 Å². The molecule has 0 aromatic heterocycles. The van der Waals surface area contributed by atoms with Gasteiger partial charge in [-0.3, -0.25) is 15.4 Å². The van der Waals surface area contributed by atoms with Crippen molar-refractivity contribution < 1.29 is 4.92 Å². The van der Waals surface area contributed by atoms with Crippen LogP contribution in [-0.4, -0.2) is 11.5 Å². The second-order valence-corrected chi connectivity index (χ2v) is 5.47. The van der Waals surface area contributed by atoms with Crippen molar-refractivity contribution in [3.63, 3.8) is 0 Å². The first-order chi connectivity index (χ1) is 10.0. The van der Waals surface area contributed by atoms with E-state index in [1.54, 1.807) is 0 Å². The van der Waals surface area contributed by atoms with Crippen LogP contribution in [0.5, 0.6) is 0 Å². The average Bonchev–Trinajstić information content (AvgIpc) is 2.47. The van der Waals surface area contributed by atoms with Crippen molar-refractivity contribution in [3.8, 4) is 0 Å². The SMILES string of the molecule is Cc1ccccc1CNC(C)(C[N+](=O)[O-])c1ccccc1. The quantitative estimate of drug-likeness (QED) is 0.654. The molecule has 110 valence electrons. The fourth-order valence-electron chi connectivity index (χ4n) is 2.41. The van der Waals surface area contributed by atoms with Gasteiger partial charge in [0, 0.05) is 11.5 Å². The number of benzene rings is 2. The summed E-state index contributed by atoms with van der Waals surface area (Å²) < 4.78 is 0. The molecule has 0 spiro atoms. The Bertz CT molecular complexity index is 613. The Labute approximate surface area is 125 Å². The standard InChI is InChI=1S/C17H20N2O2/c1-14-8-6-7-9-15(14)12-18-17(2,13-19(20)21)16-10-4-3-5-11-16/h3-11,18H,12-13H2,1-2H3. The molecular formula is C17H20N2O2. The Morgan fingerprint density at radius 2 is 1.71 bits per heavy atom. The third-order valence-electron chi connectivity index (χ3n) is 3.79. The molecule has 2 aromatic carbocycles. The summed E-state index contributed by atoms with van der Waals surface area (Å²) in [5, 5.41) is 14.4. The maximum atomic E-state index is 11.0. The molecule has 0 amide bonds. The lowest BCUT2D eigenvalue weighted by molar-refractivity contribution is -0.491. The van der Waals surface area contributed by atoms with Crippen LogP contribution >= 0.6 is 0 Å². The fourth-order valence-corrected chi connectivity index (χ4v) is 2.41. The highest BCUT2D eigenvalue weighted by Crippen LogP contribution is 2.22. The summed E-state index contributed by atoms with van der Waals surface area (Å²) in [5.41, 5.74) is 2.58. The number of rotatable bonds is 6. The highest BCUT2D eigenvalue weighted by Gasteiger charge is 2.31. The molecule has 0 saturated carbocycles. The number of hydrogen-bond acceptors (Lipinski definition) is 3. The molecule has 2 rings (SSSR count). The maximum Gasteiger partial charge on any atom is 0.225 e. The van der Waals surface area contributed by atoms with Crippen molar-refractivity contribution in [2.45, 2.75) is 25.9 Å². The zero-order valence-electron chi connectivity index (χ0n) is 12.4. The van der Waals surface area contributed by atoms with E-state index in [2.05, 4.69) is 5.32 Å². The van der Waals surface area contributed by atoms with Gasteiger partial charge in [-0.15, -0.1) is 0 Å². The molecule has 1 unspecified atom stereocenters. The second-order valence-electron chi connectivity index (χ2n) is 5.47. The van der Waals surface area contributed by atoms with Gasteiger partial charge >= 0.3 is 0 Å². The predicted molar refractivity (Wildman–Crippen MR) is 83.7 cm³/mol. The molecule has 0 radical (unpaired) electrons. The van der Waals surface area contributed by atoms with Gasteiger partial charge < -0.3 is 0 Å². The molecule has 0 aliphatic heterocycles. The van der Waals surface area contributed by atoms with E-state index in [-0.39, 0.29) is 11.5 Å². The van der Waals surface area contributed by atoms with E-state index in [0.717, 1.165) is 11.1 Å². The highest BCUT2D eigenvalue weighted by atomic mass is 16.6. The van der Waals surface area contributed by atoms with Gasteiger partial charge in [0.05, 0.1) is 0 Å². The van der Waals surface area contributed by atoms with Gasteiger partial charge in [-0.1, -0.05) is 54.6 Å². The molecule has 0 aliphatic carbocycles. The molecule has 21 heavy (non-hydrogen) atoms. The number of nitro groups is 1. The van der Waals surface area contributed by atoms with E-state index in [1.165, 1.54) is 5.56 Å². The van der Waals surface area contributed by atoms with Crippen LogP contribution < -0.4 is 5.32 Å². The third-order valence-corrected chi connectivity index (χ3v) is 3.79. The summed E-state index contributed by atoms with van der Waals surface area (Å²) in [5.74, 6) is 0. The minimum Gasteiger partial charge on any atom is -0.298 e. The second kappa shape index (κ2) is 6.50. The van der Waals surface area contributed by atoms with Crippen LogP contribution in [0.1, 0.15) is 23.6 Å². The molecule has 1 atom stereocenters. The summed E-state index contributed by atoms with van der Waals surface area (Å²) in [6.45, 7) is 4.38. The Kier molecular flexibility index (Phi) is 4.70. The van der Waals surface area contributed by atoms with E-state index in [0.29, 0.717) is 6.54 Å². The molecule has 4 heteroatoms. The number of nitrogens with zero attached hydrogens (tertiary/aromatic N) is 1. The van der Waals surface area contributed by atoms with E-state index >= 15 is 0 Å². The van der Waals surface area contributed by atoms with Crippen LogP contribution in [0.2, 0.25) is 0 Å². The molecule has 1 N–H and O–H groups in total. The summed E-state index contributed by atoms with van der Waals surface area (Å²) >= 11 is 0. The highest BCUT2D eigenvalue weighted by molar-refractivity contribution is 5.27. The molecular weight excluding hydrogens is 264 g/mol. The Hall–Kier alpha value is -2.20. The Morgan fingerprint density at radius 1 is 1.10 bits per heavy atom. The zero-order chi connectivity index (χ0) is 15.3. The van der Waals surface area contributed by atoms with Gasteiger partial charge in [-0.2, -0.15) is 0 Å². The molecule has 0 aliphatic rings. The monoisotopic (exact) mass is 284 g/mol. The molecule has 2 aromatic rings. The topological polar surface area (TPSA) is 55.2 Å². The fraction of sp³-hybridized carbons (Fsp3) is 0.294. The van der Waals surface area contributed by atoms with Gasteiger partial charge in [-0.05, 0) is 30.5 Å². The van der Waals surface area contributed by atoms with Crippen molar-refractivity contribution in [3.05, 3.63) is 81.4 Å². The van der Waals surface area contributed by atoms with Gasteiger partial charge in [0.25, 0.3) is 0 Å². The summed E-state index contributed by atoms with van der Waals surface area (Å²) in [6.07, 6.45) is 0. The van der Waals surface area contributed by atoms with Crippen molar-refractivity contribution in [2.75, 3.05) is 6.54 Å². The molecule has 0 fully saturated rings. The molecule has 4 nitrogen and oxygen atoms in total. The summed E-state index contributed by atoms with van der Waals surface area (Å²) in [6, 6.07) is 17.6. The van der Waals surface area contributed by atoms with E-state index in [9.17, 15) is 10.1 Å². The third kappa shape index (κ3) is 3.89. The number of aryl methyl sites for hydroxylation is 1. The predicted octanol–water partition coefficient (Wildman–Crippen LogP) is 3.28. The average molecular weight is 284 g/mol. The number of hydrogen-bond donors (Lipinski definition) is 1. The maximum absolute atomic E-state index is 11.0. The van der Waals surface area contributed by atoms with Crippen LogP contribution in [0, 0.1) is 17.0 Å². The van der Waals surface area contributed by atoms with Crippen LogP contribution in [0.15, 0.2) is 54.6 Å². The minimum atomic E-state index is -0.687. The zero-order valence-corrected chi connectivity index (χ0v) is 12.4. The van der Waals surface area contributed by atoms with Crippen LogP contribution in [0.3, 0.4) is 0 Å². The van der Waals surface area contributed by atoms with Crippen LogP contribution in [0.25, 0.3) is 0 Å². The van der Waals surface area contributed by atoms with Crippen molar-refractivity contribution in [2.24, 2.45) is 0 Å². The van der Waals surface area contributed by atoms with Gasteiger partial charge in [-0.25, -0.2) is 0 Å². The van der Waals surface area contributed by atoms with E-state index in [4.69, 9.17) is 0 Å². The summed E-state index contributed by atoms with van der Waals surface area (Å²) in [4.78, 5) is 10.8. The first kappa shape index (κ1) is 15.2. The van der Waals surface area contributed by atoms with Gasteiger partial charge in [0.1, 0.15) is 5.54 Å². The van der Waals surface area contributed by atoms with E-state index < -0.39 is 5.54 Å². The van der Waals surface area contributed by atoms with Crippen molar-refractivity contribution in [1.82, 2.24) is 5.32 Å². The van der Waals surface area contributed by atoms with Gasteiger partial charge in [0.2, 0.25) is 6.54 Å². The molecule has 0 saturated heterocycles.